The molecule has 0 bridgehead atoms. The van der Waals surface area contributed by atoms with E-state index in [-0.39, 0.29) is 19.5 Å². The van der Waals surface area contributed by atoms with E-state index in [1.807, 2.05) is 0 Å². The minimum absolute atomic E-state index is 0. The molecular weight excluding hydrogens is 147 g/mol. The van der Waals surface area contributed by atoms with Gasteiger partial charge in [-0.25, -0.2) is 0 Å². The van der Waals surface area contributed by atoms with Crippen LogP contribution in [0.5, 0.6) is 0 Å². The Morgan fingerprint density at radius 2 is 1.75 bits per heavy atom. The Morgan fingerprint density at radius 1 is 1.75 bits per heavy atom. The molecule has 0 saturated carbocycles. The fourth-order valence-electron chi connectivity index (χ4n) is 0. The first-order valence-corrected chi connectivity index (χ1v) is 0.952. The molecule has 0 radical (unpaired) electrons. The van der Waals surface area contributed by atoms with Gasteiger partial charge in [-0.3, -0.25) is 0 Å². The minimum atomic E-state index is 0. The van der Waals surface area contributed by atoms with E-state index in [4.69, 9.17) is 5.26 Å². The fourth-order valence-corrected chi connectivity index (χ4v) is 0. The Balaban J connectivity index is 0. The molecule has 0 aromatic carbocycles. The molecule has 0 aromatic heterocycles. The van der Waals surface area contributed by atoms with Crippen molar-refractivity contribution in [2.45, 2.75) is 0 Å². The van der Waals surface area contributed by atoms with Crippen molar-refractivity contribution in [1.82, 2.24) is 0 Å². The van der Waals surface area contributed by atoms with Gasteiger partial charge in [-0.05, 0) is 0 Å². The van der Waals surface area contributed by atoms with Gasteiger partial charge in [0.25, 0.3) is 0 Å². The van der Waals surface area contributed by atoms with Crippen LogP contribution >= 0.6 is 0 Å². The van der Waals surface area contributed by atoms with Crippen LogP contribution in [0.4, 0.5) is 0 Å². The molecule has 4 heavy (non-hydrogen) atoms. The molecule has 0 fully saturated rings. The molecule has 19 valence electrons. The van der Waals surface area contributed by atoms with Crippen molar-refractivity contribution in [3.8, 4) is 4.97 Å². The largest absolute Gasteiger partial charge is 0 e. The molecule has 0 saturated heterocycles. The number of nitriles is 1. The molecule has 1 nitrogen and oxygen atoms in total. The second-order valence-electron chi connectivity index (χ2n) is 0.0791. The molecule has 0 amide bonds. The Hall–Kier alpha value is 0.633. The zero-order valence-corrected chi connectivity index (χ0v) is 6.08. The maximum atomic E-state index is 7.21. The molecule has 0 atom stereocenters. The summed E-state index contributed by atoms with van der Waals surface area (Å²) < 4.78 is 0. The van der Waals surface area contributed by atoms with Crippen molar-refractivity contribution in [3.63, 3.8) is 0 Å². The number of nitrogens with zero attached hydrogens (tertiary/aromatic N) is 1. The molecule has 0 aliphatic carbocycles. The van der Waals surface area contributed by atoms with Crippen LogP contribution in [0.1, 0.15) is 0 Å². The quantitative estimate of drug-likeness (QED) is 0.443. The maximum Gasteiger partial charge on any atom is 0 e. The van der Waals surface area contributed by atoms with Crippen molar-refractivity contribution in [2.24, 2.45) is 0 Å². The van der Waals surface area contributed by atoms with Gasteiger partial charge in [0, 0.05) is 19.5 Å². The first kappa shape index (κ1) is 8.82. The topological polar surface area (TPSA) is 23.8 Å². The zero-order chi connectivity index (χ0) is 2.71. The van der Waals surface area contributed by atoms with Crippen molar-refractivity contribution < 1.29 is 35.5 Å². The third-order valence-corrected chi connectivity index (χ3v) is 0. The van der Waals surface area contributed by atoms with Crippen molar-refractivity contribution >= 4 is 0 Å². The summed E-state index contributed by atoms with van der Waals surface area (Å²) in [6.45, 7) is 0. The molecule has 0 rings (SSSR count). The fraction of sp³-hybridized carbons (Fsp3) is 0. The number of hydrogen-bond acceptors (Lipinski definition) is 1. The number of rotatable bonds is 0. The predicted molar refractivity (Wildman–Crippen MR) is 5.61 cm³/mol. The van der Waals surface area contributed by atoms with Crippen LogP contribution < -0.4 is 0 Å². The zero-order valence-electron chi connectivity index (χ0n) is 2.01. The average molecular weight is 147 g/mol. The average Bonchev–Trinajstić information content (AvgIpc) is 0.918. The van der Waals surface area contributed by atoms with E-state index in [0.29, 0.717) is 0 Å². The maximum absolute atomic E-state index is 7.21. The van der Waals surface area contributed by atoms with Crippen LogP contribution in [0.25, 0.3) is 0 Å². The van der Waals surface area contributed by atoms with E-state index in [1.54, 1.807) is 0 Å². The van der Waals surface area contributed by atoms with E-state index in [2.05, 4.69) is 16.0 Å². The van der Waals surface area contributed by atoms with Gasteiger partial charge in [0.1, 0.15) is 0 Å². The van der Waals surface area contributed by atoms with Gasteiger partial charge in [-0.15, -0.1) is 0 Å². The van der Waals surface area contributed by atoms with Gasteiger partial charge < -0.3 is 0 Å². The molecule has 3 heteroatoms. The van der Waals surface area contributed by atoms with Crippen molar-refractivity contribution in [1.29, 1.82) is 5.26 Å². The van der Waals surface area contributed by atoms with E-state index < -0.39 is 0 Å². The van der Waals surface area contributed by atoms with Crippen LogP contribution in [-0.2, 0) is 35.5 Å². The molecule has 0 aliphatic heterocycles. The SMILES string of the molecule is N#[C][Fe].[Zn]. The Bertz CT molecular complexity index is 29.5. The Kier molecular flexibility index (Phi) is 20.8. The summed E-state index contributed by atoms with van der Waals surface area (Å²) in [4.78, 5) is 1.50. The monoisotopic (exact) mass is 146 g/mol. The smallest absolute Gasteiger partial charge is 0 e. The summed E-state index contributed by atoms with van der Waals surface area (Å²) in [5, 5.41) is 7.21. The summed E-state index contributed by atoms with van der Waals surface area (Å²) in [6.07, 6.45) is 0. The summed E-state index contributed by atoms with van der Waals surface area (Å²) >= 11 is 2.79. The van der Waals surface area contributed by atoms with E-state index >= 15 is 0 Å². The Morgan fingerprint density at radius 3 is 1.75 bits per heavy atom. The van der Waals surface area contributed by atoms with Crippen LogP contribution in [0.3, 0.4) is 0 Å². The normalized spacial score (nSPS) is 2.00. The molecular formula is CFeNZn. The number of hydrogen-bond donors (Lipinski definition) is 0. The van der Waals surface area contributed by atoms with Crippen molar-refractivity contribution in [3.05, 3.63) is 0 Å². The first-order valence-electron chi connectivity index (χ1n) is 0.400. The second-order valence-corrected chi connectivity index (χ2v) is 0.326. The molecule has 0 aliphatic rings. The second kappa shape index (κ2) is 9.45. The summed E-state index contributed by atoms with van der Waals surface area (Å²) in [7, 11) is 0. The van der Waals surface area contributed by atoms with Gasteiger partial charge in [-0.2, -0.15) is 0 Å². The third kappa shape index (κ3) is 17.5. The van der Waals surface area contributed by atoms with Gasteiger partial charge in [0.15, 0.2) is 0 Å². The van der Waals surface area contributed by atoms with Crippen LogP contribution in [-0.4, -0.2) is 0 Å². The van der Waals surface area contributed by atoms with Gasteiger partial charge in [-0.1, -0.05) is 0 Å². The molecule has 0 N–H and O–H groups in total. The predicted octanol–water partition coefficient (Wildman–Crippen LogP) is 0.0118. The van der Waals surface area contributed by atoms with Crippen molar-refractivity contribution in [2.75, 3.05) is 0 Å². The van der Waals surface area contributed by atoms with Gasteiger partial charge in [0.05, 0.1) is 0 Å². The third-order valence-electron chi connectivity index (χ3n) is 0. The minimum Gasteiger partial charge on any atom is 0 e. The van der Waals surface area contributed by atoms with Crippen LogP contribution in [0, 0.1) is 10.2 Å². The molecule has 0 unspecified atom stereocenters. The van der Waals surface area contributed by atoms with Gasteiger partial charge >= 0.3 is 26.2 Å². The van der Waals surface area contributed by atoms with E-state index in [0.717, 1.165) is 0 Å². The first-order chi connectivity index (χ1) is 1.41. The van der Waals surface area contributed by atoms with Crippen LogP contribution in [0.15, 0.2) is 0 Å². The van der Waals surface area contributed by atoms with E-state index in [1.165, 1.54) is 4.97 Å². The standard InChI is InChI=1S/CN.Fe.Zn/c1-2;;. The summed E-state index contributed by atoms with van der Waals surface area (Å²) in [5.74, 6) is 0. The molecule has 0 aromatic rings. The summed E-state index contributed by atoms with van der Waals surface area (Å²) in [5.41, 5.74) is 0. The van der Waals surface area contributed by atoms with Gasteiger partial charge in [0.2, 0.25) is 0 Å². The molecule has 0 spiro atoms. The van der Waals surface area contributed by atoms with E-state index in [9.17, 15) is 0 Å². The molecule has 0 heterocycles. The van der Waals surface area contributed by atoms with Crippen LogP contribution in [0.2, 0.25) is 0 Å². The Labute approximate surface area is 46.0 Å². The summed E-state index contributed by atoms with van der Waals surface area (Å²) in [6, 6.07) is 0.